The van der Waals surface area contributed by atoms with Gasteiger partial charge in [0, 0.05) is 19.6 Å². The quantitative estimate of drug-likeness (QED) is 0.749. The van der Waals surface area contributed by atoms with Crippen LogP contribution in [0, 0.1) is 6.92 Å². The first kappa shape index (κ1) is 16.9. The molecule has 0 radical (unpaired) electrons. The van der Waals surface area contributed by atoms with Crippen LogP contribution in [0.5, 0.6) is 0 Å². The summed E-state index contributed by atoms with van der Waals surface area (Å²) >= 11 is 0. The average molecular weight is 296 g/mol. The van der Waals surface area contributed by atoms with Crippen molar-refractivity contribution in [1.82, 2.24) is 9.62 Å². The van der Waals surface area contributed by atoms with E-state index in [1.807, 2.05) is 27.0 Å². The van der Waals surface area contributed by atoms with Gasteiger partial charge in [-0.1, -0.05) is 25.1 Å². The lowest BCUT2D eigenvalue weighted by Gasteiger charge is -2.22. The van der Waals surface area contributed by atoms with E-state index in [0.29, 0.717) is 24.5 Å². The van der Waals surface area contributed by atoms with Gasteiger partial charge in [-0.05, 0) is 37.6 Å². The molecule has 0 bridgehead atoms. The number of sulfonamides is 1. The molecule has 1 aromatic rings. The lowest BCUT2D eigenvalue weighted by atomic mass is 10.1. The number of rotatable bonds is 8. The molecule has 112 valence electrons. The highest BCUT2D eigenvalue weighted by molar-refractivity contribution is 7.89. The van der Waals surface area contributed by atoms with E-state index < -0.39 is 10.0 Å². The van der Waals surface area contributed by atoms with Crippen molar-refractivity contribution >= 4 is 10.0 Å². The molecule has 0 aromatic heterocycles. The molecule has 0 amide bonds. The molecule has 4 nitrogen and oxygen atoms in total. The zero-order valence-electron chi connectivity index (χ0n) is 12.5. The summed E-state index contributed by atoms with van der Waals surface area (Å²) in [4.78, 5) is 0.389. The molecule has 1 rings (SSSR count). The lowest BCUT2D eigenvalue weighted by molar-refractivity contribution is 0.441. The van der Waals surface area contributed by atoms with E-state index >= 15 is 0 Å². The summed E-state index contributed by atoms with van der Waals surface area (Å²) in [7, 11) is -1.61. The van der Waals surface area contributed by atoms with Gasteiger partial charge in [0.25, 0.3) is 0 Å². The third kappa shape index (κ3) is 3.69. The second-order valence-electron chi connectivity index (χ2n) is 4.72. The molecule has 0 saturated heterocycles. The first-order chi connectivity index (χ1) is 9.48. The van der Waals surface area contributed by atoms with Gasteiger partial charge in [-0.15, -0.1) is 6.58 Å². The van der Waals surface area contributed by atoms with Crippen LogP contribution < -0.4 is 5.32 Å². The Hall–Kier alpha value is -1.17. The fourth-order valence-electron chi connectivity index (χ4n) is 2.16. The molecule has 0 aliphatic heterocycles. The number of nitrogens with zero attached hydrogens (tertiary/aromatic N) is 1. The molecule has 0 fully saturated rings. The van der Waals surface area contributed by atoms with E-state index in [1.54, 1.807) is 18.2 Å². The standard InChI is InChI=1S/C15H24N2O2S/c1-5-10-17(11-6-2)20(18,19)15-9-7-8-14(12-16-4)13(15)3/h5,7-9,16H,1,6,10-12H2,2-4H3. The van der Waals surface area contributed by atoms with Crippen LogP contribution in [-0.2, 0) is 16.6 Å². The average Bonchev–Trinajstić information content (AvgIpc) is 2.41. The van der Waals surface area contributed by atoms with Crippen molar-refractivity contribution in [3.05, 3.63) is 42.0 Å². The molecule has 0 saturated carbocycles. The fraction of sp³-hybridized carbons (Fsp3) is 0.467. The summed E-state index contributed by atoms with van der Waals surface area (Å²) in [6.45, 7) is 8.97. The van der Waals surface area contributed by atoms with Crippen LogP contribution in [-0.4, -0.2) is 32.9 Å². The second kappa shape index (κ2) is 7.57. The smallest absolute Gasteiger partial charge is 0.243 e. The highest BCUT2D eigenvalue weighted by Crippen LogP contribution is 2.23. The second-order valence-corrected chi connectivity index (χ2v) is 6.63. The Morgan fingerprint density at radius 3 is 2.65 bits per heavy atom. The minimum absolute atomic E-state index is 0.339. The number of nitrogens with one attached hydrogen (secondary N) is 1. The largest absolute Gasteiger partial charge is 0.316 e. The van der Waals surface area contributed by atoms with Gasteiger partial charge < -0.3 is 5.32 Å². The highest BCUT2D eigenvalue weighted by Gasteiger charge is 2.25. The molecule has 0 aliphatic rings. The maximum atomic E-state index is 12.7. The monoisotopic (exact) mass is 296 g/mol. The van der Waals surface area contributed by atoms with Gasteiger partial charge in [0.05, 0.1) is 4.90 Å². The maximum Gasteiger partial charge on any atom is 0.243 e. The van der Waals surface area contributed by atoms with Crippen molar-refractivity contribution in [2.45, 2.75) is 31.7 Å². The third-order valence-electron chi connectivity index (χ3n) is 3.19. The molecular weight excluding hydrogens is 272 g/mol. The molecular formula is C15H24N2O2S. The van der Waals surface area contributed by atoms with E-state index in [0.717, 1.165) is 17.5 Å². The van der Waals surface area contributed by atoms with E-state index in [9.17, 15) is 8.42 Å². The minimum Gasteiger partial charge on any atom is -0.316 e. The highest BCUT2D eigenvalue weighted by atomic mass is 32.2. The lowest BCUT2D eigenvalue weighted by Crippen LogP contribution is -2.32. The minimum atomic E-state index is -3.46. The van der Waals surface area contributed by atoms with Crippen LogP contribution in [0.3, 0.4) is 0 Å². The van der Waals surface area contributed by atoms with Gasteiger partial charge in [-0.25, -0.2) is 8.42 Å². The Balaban J connectivity index is 3.26. The van der Waals surface area contributed by atoms with Crippen LogP contribution in [0.2, 0.25) is 0 Å². The van der Waals surface area contributed by atoms with E-state index in [2.05, 4.69) is 11.9 Å². The van der Waals surface area contributed by atoms with Crippen molar-refractivity contribution in [1.29, 1.82) is 0 Å². The SMILES string of the molecule is C=CCN(CCC)S(=O)(=O)c1cccc(CNC)c1C. The van der Waals surface area contributed by atoms with Crippen molar-refractivity contribution in [2.75, 3.05) is 20.1 Å². The zero-order valence-corrected chi connectivity index (χ0v) is 13.3. The molecule has 0 heterocycles. The van der Waals surface area contributed by atoms with Crippen molar-refractivity contribution < 1.29 is 8.42 Å². The van der Waals surface area contributed by atoms with E-state index in [1.165, 1.54) is 4.31 Å². The van der Waals surface area contributed by atoms with Gasteiger partial charge in [0.2, 0.25) is 10.0 Å². The molecule has 0 spiro atoms. The van der Waals surface area contributed by atoms with Crippen molar-refractivity contribution in [3.63, 3.8) is 0 Å². The Bertz CT molecular complexity index is 553. The summed E-state index contributed by atoms with van der Waals surface area (Å²) < 4.78 is 27.0. The van der Waals surface area contributed by atoms with Gasteiger partial charge in [0.15, 0.2) is 0 Å². The first-order valence-electron chi connectivity index (χ1n) is 6.83. The molecule has 0 unspecified atom stereocenters. The van der Waals surface area contributed by atoms with Crippen molar-refractivity contribution in [2.24, 2.45) is 0 Å². The molecule has 5 heteroatoms. The number of hydrogen-bond donors (Lipinski definition) is 1. The zero-order chi connectivity index (χ0) is 15.2. The number of benzene rings is 1. The maximum absolute atomic E-state index is 12.7. The molecule has 0 atom stereocenters. The Morgan fingerprint density at radius 2 is 2.10 bits per heavy atom. The number of hydrogen-bond acceptors (Lipinski definition) is 3. The third-order valence-corrected chi connectivity index (χ3v) is 5.20. The summed E-state index contributed by atoms with van der Waals surface area (Å²) in [6.07, 6.45) is 2.41. The van der Waals surface area contributed by atoms with E-state index in [4.69, 9.17) is 0 Å². The topological polar surface area (TPSA) is 49.4 Å². The van der Waals surface area contributed by atoms with Crippen LogP contribution >= 0.6 is 0 Å². The Labute approximate surface area is 122 Å². The first-order valence-corrected chi connectivity index (χ1v) is 8.27. The van der Waals surface area contributed by atoms with Crippen molar-refractivity contribution in [3.8, 4) is 0 Å². The molecule has 0 aliphatic carbocycles. The summed E-state index contributed by atoms with van der Waals surface area (Å²) in [5.41, 5.74) is 1.82. The summed E-state index contributed by atoms with van der Waals surface area (Å²) in [5.74, 6) is 0. The summed E-state index contributed by atoms with van der Waals surface area (Å²) in [6, 6.07) is 5.42. The fourth-order valence-corrected chi connectivity index (χ4v) is 3.93. The van der Waals surface area contributed by atoms with Crippen LogP contribution in [0.1, 0.15) is 24.5 Å². The molecule has 1 N–H and O–H groups in total. The Kier molecular flexibility index (Phi) is 6.39. The Morgan fingerprint density at radius 1 is 1.40 bits per heavy atom. The van der Waals surface area contributed by atoms with Crippen LogP contribution in [0.15, 0.2) is 35.7 Å². The molecule has 1 aromatic carbocycles. The molecule has 20 heavy (non-hydrogen) atoms. The van der Waals surface area contributed by atoms with Gasteiger partial charge in [0.1, 0.15) is 0 Å². The van der Waals surface area contributed by atoms with Gasteiger partial charge >= 0.3 is 0 Å². The van der Waals surface area contributed by atoms with E-state index in [-0.39, 0.29) is 0 Å². The predicted octanol–water partition coefficient (Wildman–Crippen LogP) is 2.30. The van der Waals surface area contributed by atoms with Gasteiger partial charge in [-0.3, -0.25) is 0 Å². The van der Waals surface area contributed by atoms with Gasteiger partial charge in [-0.2, -0.15) is 4.31 Å². The van der Waals surface area contributed by atoms with Crippen LogP contribution in [0.25, 0.3) is 0 Å². The van der Waals surface area contributed by atoms with Crippen LogP contribution in [0.4, 0.5) is 0 Å². The predicted molar refractivity (Wildman–Crippen MR) is 83.2 cm³/mol. The normalized spacial score (nSPS) is 11.8. The summed E-state index contributed by atoms with van der Waals surface area (Å²) in [5, 5.41) is 3.06.